The second-order valence-corrected chi connectivity index (χ2v) is 20.3. The Hall–Kier alpha value is 1.41. The van der Waals surface area contributed by atoms with Crippen LogP contribution in [0.3, 0.4) is 0 Å². The summed E-state index contributed by atoms with van der Waals surface area (Å²) >= 11 is 7.35. The van der Waals surface area contributed by atoms with Gasteiger partial charge in [-0.25, -0.2) is 0 Å². The van der Waals surface area contributed by atoms with E-state index in [1.54, 1.807) is 0 Å². The second kappa shape index (κ2) is 4.59. The van der Waals surface area contributed by atoms with Crippen molar-refractivity contribution >= 4 is 43.7 Å². The SMILES string of the molecule is CCCP(Br)(Br)=N[Si](C)(C)C. The molecule has 0 heterocycles. The van der Waals surface area contributed by atoms with E-state index in [0.717, 1.165) is 6.16 Å². The number of hydrogen-bond donors (Lipinski definition) is 0. The highest BCUT2D eigenvalue weighted by molar-refractivity contribution is 9.71. The van der Waals surface area contributed by atoms with Gasteiger partial charge in [-0.1, -0.05) is 26.6 Å². The topological polar surface area (TPSA) is 12.4 Å². The Bertz CT molecular complexity index is 170. The highest BCUT2D eigenvalue weighted by Crippen LogP contribution is 2.65. The smallest absolute Gasteiger partial charge is 0.172 e. The summed E-state index contributed by atoms with van der Waals surface area (Å²) in [4.78, 5) is 0. The highest BCUT2D eigenvalue weighted by Gasteiger charge is 2.17. The van der Waals surface area contributed by atoms with Crippen LogP contribution in [0, 0.1) is 0 Å². The summed E-state index contributed by atoms with van der Waals surface area (Å²) in [7, 11) is -1.25. The lowest BCUT2D eigenvalue weighted by Crippen LogP contribution is -2.14. The second-order valence-electron chi connectivity index (χ2n) is 3.59. The van der Waals surface area contributed by atoms with Gasteiger partial charge >= 0.3 is 0 Å². The van der Waals surface area contributed by atoms with E-state index >= 15 is 0 Å². The van der Waals surface area contributed by atoms with Crippen molar-refractivity contribution in [2.75, 3.05) is 6.16 Å². The zero-order chi connectivity index (χ0) is 9.12. The van der Waals surface area contributed by atoms with E-state index in [0.29, 0.717) is 0 Å². The van der Waals surface area contributed by atoms with Crippen LogP contribution in [0.2, 0.25) is 19.6 Å². The molecule has 0 amide bonds. The molecular formula is C6H16Br2NPSi. The molecule has 0 aromatic rings. The maximum atomic E-state index is 4.81. The van der Waals surface area contributed by atoms with Gasteiger partial charge in [-0.3, -0.25) is 0 Å². The van der Waals surface area contributed by atoms with E-state index < -0.39 is 12.7 Å². The molecule has 0 saturated carbocycles. The summed E-state index contributed by atoms with van der Waals surface area (Å²) in [6, 6.07) is 0. The van der Waals surface area contributed by atoms with E-state index in [1.165, 1.54) is 6.42 Å². The summed E-state index contributed by atoms with van der Waals surface area (Å²) in [5.74, 6) is 0. The van der Waals surface area contributed by atoms with Crippen LogP contribution < -0.4 is 0 Å². The van der Waals surface area contributed by atoms with Crippen LogP contribution >= 0.6 is 35.4 Å². The van der Waals surface area contributed by atoms with Gasteiger partial charge in [-0.2, -0.15) is 0 Å². The first-order valence-corrected chi connectivity index (χ1v) is 13.2. The van der Waals surface area contributed by atoms with E-state index in [9.17, 15) is 0 Å². The summed E-state index contributed by atoms with van der Waals surface area (Å²) in [5, 5.41) is 0. The first kappa shape index (κ1) is 12.4. The molecule has 0 spiro atoms. The zero-order valence-electron chi connectivity index (χ0n) is 7.56. The maximum Gasteiger partial charge on any atom is 0.172 e. The van der Waals surface area contributed by atoms with E-state index in [-0.39, 0.29) is 0 Å². The summed E-state index contributed by atoms with van der Waals surface area (Å²) in [6.07, 6.45) is 2.36. The Morgan fingerprint density at radius 3 is 2.00 bits per heavy atom. The average molecular weight is 321 g/mol. The molecule has 1 nitrogen and oxygen atoms in total. The van der Waals surface area contributed by atoms with Crippen LogP contribution in [-0.2, 0) is 0 Å². The van der Waals surface area contributed by atoms with E-state index in [4.69, 9.17) is 4.41 Å². The molecule has 0 unspecified atom stereocenters. The molecule has 5 heteroatoms. The van der Waals surface area contributed by atoms with Gasteiger partial charge in [0.05, 0.1) is 4.46 Å². The molecule has 0 radical (unpaired) electrons. The van der Waals surface area contributed by atoms with Crippen LogP contribution in [0.5, 0.6) is 0 Å². The molecule has 0 aliphatic heterocycles. The van der Waals surface area contributed by atoms with Gasteiger partial charge in [0.15, 0.2) is 8.24 Å². The maximum absolute atomic E-state index is 4.81. The van der Waals surface area contributed by atoms with Crippen molar-refractivity contribution in [3.63, 3.8) is 0 Å². The molecule has 0 aromatic heterocycles. The molecule has 0 bridgehead atoms. The van der Waals surface area contributed by atoms with Crippen molar-refractivity contribution in [1.29, 1.82) is 0 Å². The van der Waals surface area contributed by atoms with Crippen LogP contribution in [0.15, 0.2) is 4.41 Å². The Morgan fingerprint density at radius 2 is 1.73 bits per heavy atom. The molecule has 0 N–H and O–H groups in total. The van der Waals surface area contributed by atoms with Crippen LogP contribution in [0.1, 0.15) is 13.3 Å². The minimum atomic E-state index is -1.25. The monoisotopic (exact) mass is 319 g/mol. The Kier molecular flexibility index (Phi) is 5.18. The number of nitrogens with zero attached hydrogens (tertiary/aromatic N) is 1. The van der Waals surface area contributed by atoms with Crippen molar-refractivity contribution in [2.45, 2.75) is 33.0 Å². The van der Waals surface area contributed by atoms with E-state index in [2.05, 4.69) is 57.5 Å². The van der Waals surface area contributed by atoms with Crippen molar-refractivity contribution < 1.29 is 0 Å². The van der Waals surface area contributed by atoms with Gasteiger partial charge in [0.1, 0.15) is 0 Å². The molecule has 0 fully saturated rings. The fourth-order valence-corrected chi connectivity index (χ4v) is 15.9. The molecule has 0 rings (SSSR count). The molecule has 11 heavy (non-hydrogen) atoms. The van der Waals surface area contributed by atoms with Gasteiger partial charge in [0.25, 0.3) is 0 Å². The molecule has 0 atom stereocenters. The summed E-state index contributed by atoms with van der Waals surface area (Å²) in [5.41, 5.74) is 0. The molecule has 0 saturated heterocycles. The van der Waals surface area contributed by atoms with Gasteiger partial charge in [-0.15, -0.1) is 0 Å². The van der Waals surface area contributed by atoms with Crippen molar-refractivity contribution in [3.05, 3.63) is 0 Å². The molecule has 0 aromatic carbocycles. The van der Waals surface area contributed by atoms with Crippen LogP contribution in [0.25, 0.3) is 0 Å². The fourth-order valence-electron chi connectivity index (χ4n) is 0.758. The quantitative estimate of drug-likeness (QED) is 0.509. The predicted octanol–water partition coefficient (Wildman–Crippen LogP) is 5.05. The minimum absolute atomic E-state index is 1.16. The Balaban J connectivity index is 4.39. The lowest BCUT2D eigenvalue weighted by molar-refractivity contribution is 1.10. The third-order valence-corrected chi connectivity index (χ3v) is 10.5. The first-order chi connectivity index (χ1) is 4.77. The average Bonchev–Trinajstić information content (AvgIpc) is 1.55. The van der Waals surface area contributed by atoms with Crippen molar-refractivity contribution in [3.8, 4) is 0 Å². The third-order valence-electron chi connectivity index (χ3n) is 0.939. The van der Waals surface area contributed by atoms with Gasteiger partial charge in [0.2, 0.25) is 0 Å². The minimum Gasteiger partial charge on any atom is -0.319 e. The molecule has 68 valence electrons. The van der Waals surface area contributed by atoms with Gasteiger partial charge < -0.3 is 4.41 Å². The first-order valence-electron chi connectivity index (χ1n) is 3.79. The molecular weight excluding hydrogens is 305 g/mol. The van der Waals surface area contributed by atoms with Crippen LogP contribution in [-0.4, -0.2) is 14.4 Å². The van der Waals surface area contributed by atoms with Crippen molar-refractivity contribution in [1.82, 2.24) is 0 Å². The van der Waals surface area contributed by atoms with E-state index in [1.807, 2.05) is 0 Å². The lowest BCUT2D eigenvalue weighted by atomic mass is 10.6. The number of hydrogen-bond acceptors (Lipinski definition) is 1. The zero-order valence-corrected chi connectivity index (χ0v) is 12.6. The predicted molar refractivity (Wildman–Crippen MR) is 65.7 cm³/mol. The largest absolute Gasteiger partial charge is 0.319 e. The Morgan fingerprint density at radius 1 is 1.27 bits per heavy atom. The Labute approximate surface area is 87.0 Å². The lowest BCUT2D eigenvalue weighted by Gasteiger charge is -2.16. The molecule has 0 aliphatic rings. The fraction of sp³-hybridized carbons (Fsp3) is 1.00. The van der Waals surface area contributed by atoms with Crippen LogP contribution in [0.4, 0.5) is 0 Å². The molecule has 0 aliphatic carbocycles. The normalized spacial score (nSPS) is 13.3. The standard InChI is InChI=1S/C6H16Br2NPSi/c1-5-6-10(7,8)9-11(2,3)4/h5-6H2,1-4H3. The number of halogens is 2. The van der Waals surface area contributed by atoms with Gasteiger partial charge in [-0.05, 0) is 43.6 Å². The third kappa shape index (κ3) is 7.76. The highest BCUT2D eigenvalue weighted by atomic mass is 79.9. The summed E-state index contributed by atoms with van der Waals surface area (Å²) < 4.78 is 3.56. The van der Waals surface area contributed by atoms with Gasteiger partial charge in [0, 0.05) is 0 Å². The number of rotatable bonds is 3. The summed E-state index contributed by atoms with van der Waals surface area (Å²) in [6.45, 7) is 8.98. The van der Waals surface area contributed by atoms with Crippen molar-refractivity contribution in [2.24, 2.45) is 4.41 Å².